The van der Waals surface area contributed by atoms with Gasteiger partial charge in [0.05, 0.1) is 30.6 Å². The highest BCUT2D eigenvalue weighted by Crippen LogP contribution is 2.47. The second-order valence-electron chi connectivity index (χ2n) is 7.66. The predicted octanol–water partition coefficient (Wildman–Crippen LogP) is 5.10. The van der Waals surface area contributed by atoms with E-state index in [2.05, 4.69) is 45.0 Å². The van der Waals surface area contributed by atoms with E-state index in [9.17, 15) is 4.79 Å². The fraction of sp³-hybridized carbons (Fsp3) is 0.375. The highest BCUT2D eigenvalue weighted by molar-refractivity contribution is 9.10. The zero-order chi connectivity index (χ0) is 22.0. The van der Waals surface area contributed by atoms with Crippen LogP contribution in [0, 0.1) is 18.8 Å². The smallest absolute Gasteiger partial charge is 0.308 e. The van der Waals surface area contributed by atoms with Crippen LogP contribution < -0.4 is 4.90 Å². The van der Waals surface area contributed by atoms with Crippen LogP contribution in [0.2, 0.25) is 0 Å². The lowest BCUT2D eigenvalue weighted by Gasteiger charge is -2.24. The molecular formula is C24H25BrN4O2. The van der Waals surface area contributed by atoms with Crippen LogP contribution in [0.1, 0.15) is 43.2 Å². The van der Waals surface area contributed by atoms with E-state index in [1.807, 2.05) is 30.7 Å². The lowest BCUT2D eigenvalue weighted by Crippen LogP contribution is -2.26. The molecule has 0 spiro atoms. The van der Waals surface area contributed by atoms with Crippen molar-refractivity contribution in [1.29, 1.82) is 0 Å². The van der Waals surface area contributed by atoms with E-state index in [1.165, 1.54) is 0 Å². The Morgan fingerprint density at radius 3 is 2.87 bits per heavy atom. The first kappa shape index (κ1) is 21.5. The molecule has 1 amide bonds. The van der Waals surface area contributed by atoms with Crippen molar-refractivity contribution >= 4 is 44.4 Å². The second kappa shape index (κ2) is 9.21. The van der Waals surface area contributed by atoms with Crippen molar-refractivity contribution in [2.24, 2.45) is 0 Å². The third-order valence-electron chi connectivity index (χ3n) is 5.36. The number of rotatable bonds is 6. The van der Waals surface area contributed by atoms with Crippen molar-refractivity contribution in [1.82, 2.24) is 14.8 Å². The Morgan fingerprint density at radius 1 is 1.35 bits per heavy atom. The topological polar surface area (TPSA) is 60.2 Å². The van der Waals surface area contributed by atoms with E-state index >= 15 is 0 Å². The van der Waals surface area contributed by atoms with Gasteiger partial charge in [0.15, 0.2) is 0 Å². The zero-order valence-electron chi connectivity index (χ0n) is 18.0. The minimum absolute atomic E-state index is 0.274. The number of halogens is 1. The van der Waals surface area contributed by atoms with E-state index in [1.54, 1.807) is 18.2 Å². The number of amides is 1. The molecule has 4 rings (SSSR count). The van der Waals surface area contributed by atoms with Crippen molar-refractivity contribution < 1.29 is 9.53 Å². The van der Waals surface area contributed by atoms with Crippen LogP contribution in [0.4, 0.5) is 11.5 Å². The summed E-state index contributed by atoms with van der Waals surface area (Å²) in [5, 5.41) is 4.42. The van der Waals surface area contributed by atoms with E-state index in [4.69, 9.17) is 9.72 Å². The normalized spacial score (nSPS) is 13.2. The Balaban J connectivity index is 1.83. The Morgan fingerprint density at radius 2 is 2.16 bits per heavy atom. The highest BCUT2D eigenvalue weighted by atomic mass is 79.9. The summed E-state index contributed by atoms with van der Waals surface area (Å²) >= 11 is 3.65. The van der Waals surface area contributed by atoms with Crippen LogP contribution in [0.15, 0.2) is 34.9 Å². The molecular weight excluding hydrogens is 456 g/mol. The van der Waals surface area contributed by atoms with Gasteiger partial charge >= 0.3 is 5.91 Å². The molecule has 0 unspecified atom stereocenters. The zero-order valence-corrected chi connectivity index (χ0v) is 19.6. The minimum atomic E-state index is -0.274. The van der Waals surface area contributed by atoms with Crippen LogP contribution >= 0.6 is 15.9 Å². The summed E-state index contributed by atoms with van der Waals surface area (Å²) in [6.07, 6.45) is 4.60. The average Bonchev–Trinajstić information content (AvgIpc) is 3.53. The fourth-order valence-electron chi connectivity index (χ4n) is 3.59. The van der Waals surface area contributed by atoms with Gasteiger partial charge < -0.3 is 4.74 Å². The van der Waals surface area contributed by atoms with Gasteiger partial charge in [-0.2, -0.15) is 5.10 Å². The number of nitrogens with zero attached hydrogens (tertiary/aromatic N) is 4. The summed E-state index contributed by atoms with van der Waals surface area (Å²) in [6.45, 7) is 5.17. The number of carbonyl (C=O) groups excluding carboxylic acids is 1. The first-order chi connectivity index (χ1) is 15.0. The number of ether oxygens (including phenoxy) is 1. The maximum atomic E-state index is 13.2. The molecule has 31 heavy (non-hydrogen) atoms. The van der Waals surface area contributed by atoms with Gasteiger partial charge in [-0.05, 0) is 67.0 Å². The van der Waals surface area contributed by atoms with Crippen molar-refractivity contribution in [2.75, 3.05) is 18.6 Å². The predicted molar refractivity (Wildman–Crippen MR) is 125 cm³/mol. The van der Waals surface area contributed by atoms with Gasteiger partial charge in [-0.25, -0.2) is 4.98 Å². The average molecular weight is 481 g/mol. The first-order valence-corrected chi connectivity index (χ1v) is 11.3. The Kier molecular flexibility index (Phi) is 6.40. The van der Waals surface area contributed by atoms with Crippen molar-refractivity contribution in [3.05, 3.63) is 46.1 Å². The maximum absolute atomic E-state index is 13.2. The van der Waals surface area contributed by atoms with Crippen LogP contribution in [-0.2, 0) is 16.1 Å². The number of aryl methyl sites for hydroxylation is 1. The SMILES string of the molecule is CCC#CC(=O)N(c1ccc2c(cnn2CCOC)n1)c1cc(C)c(Br)cc1C1CC1. The summed E-state index contributed by atoms with van der Waals surface area (Å²) in [7, 11) is 1.67. The fourth-order valence-corrected chi connectivity index (χ4v) is 3.95. The van der Waals surface area contributed by atoms with Crippen LogP contribution in [0.25, 0.3) is 11.0 Å². The highest BCUT2D eigenvalue weighted by Gasteiger charge is 2.31. The number of benzene rings is 1. The maximum Gasteiger partial charge on any atom is 0.308 e. The van der Waals surface area contributed by atoms with E-state index < -0.39 is 0 Å². The van der Waals surface area contributed by atoms with Gasteiger partial charge in [0.1, 0.15) is 11.3 Å². The summed E-state index contributed by atoms with van der Waals surface area (Å²) in [4.78, 5) is 19.7. The quantitative estimate of drug-likeness (QED) is 0.460. The van der Waals surface area contributed by atoms with Gasteiger partial charge in [0.2, 0.25) is 0 Å². The summed E-state index contributed by atoms with van der Waals surface area (Å²) in [6, 6.07) is 8.01. The standard InChI is InChI=1S/C24H25BrN4O2/c1-4-5-6-24(30)29(22-13-16(2)19(25)14-18(22)17-7-8-17)23-10-9-21-20(27-23)15-26-28(21)11-12-31-3/h9-10,13-15,17H,4,7-8,11-12H2,1-3H3. The second-order valence-corrected chi connectivity index (χ2v) is 8.52. The molecule has 1 aliphatic carbocycles. The molecule has 0 aliphatic heterocycles. The van der Waals surface area contributed by atoms with Crippen molar-refractivity contribution in [2.45, 2.75) is 45.6 Å². The Bertz CT molecular complexity index is 1190. The number of hydrogen-bond donors (Lipinski definition) is 0. The third kappa shape index (κ3) is 4.51. The lowest BCUT2D eigenvalue weighted by molar-refractivity contribution is -0.112. The van der Waals surface area contributed by atoms with E-state index in [-0.39, 0.29) is 5.91 Å². The molecule has 0 bridgehead atoms. The van der Waals surface area contributed by atoms with Crippen molar-refractivity contribution in [3.63, 3.8) is 0 Å². The molecule has 2 aromatic heterocycles. The number of anilines is 2. The molecule has 1 saturated carbocycles. The molecule has 0 saturated heterocycles. The molecule has 6 nitrogen and oxygen atoms in total. The number of aromatic nitrogens is 3. The van der Waals surface area contributed by atoms with Gasteiger partial charge in [-0.3, -0.25) is 14.4 Å². The summed E-state index contributed by atoms with van der Waals surface area (Å²) in [5.41, 5.74) is 4.71. The number of fused-ring (bicyclic) bond motifs is 1. The minimum Gasteiger partial charge on any atom is -0.383 e. The molecule has 1 aromatic carbocycles. The number of hydrogen-bond acceptors (Lipinski definition) is 4. The van der Waals surface area contributed by atoms with Crippen LogP contribution in [0.5, 0.6) is 0 Å². The molecule has 3 aromatic rings. The van der Waals surface area contributed by atoms with Gasteiger partial charge in [-0.1, -0.05) is 28.8 Å². The van der Waals surface area contributed by atoms with E-state index in [0.717, 1.165) is 45.2 Å². The molecule has 0 N–H and O–H groups in total. The number of pyridine rings is 1. The van der Waals surface area contributed by atoms with Gasteiger partial charge in [-0.15, -0.1) is 0 Å². The number of carbonyl (C=O) groups is 1. The Hall–Kier alpha value is -2.69. The third-order valence-corrected chi connectivity index (χ3v) is 6.22. The molecule has 160 valence electrons. The molecule has 0 atom stereocenters. The molecule has 2 heterocycles. The largest absolute Gasteiger partial charge is 0.383 e. The molecule has 0 radical (unpaired) electrons. The molecule has 1 aliphatic rings. The van der Waals surface area contributed by atoms with Gasteiger partial charge in [0.25, 0.3) is 0 Å². The number of methoxy groups -OCH3 is 1. The first-order valence-electron chi connectivity index (χ1n) is 10.5. The van der Waals surface area contributed by atoms with Crippen LogP contribution in [0.3, 0.4) is 0 Å². The van der Waals surface area contributed by atoms with Gasteiger partial charge in [0, 0.05) is 18.0 Å². The summed E-state index contributed by atoms with van der Waals surface area (Å²) in [5.74, 6) is 6.43. The van der Waals surface area contributed by atoms with Crippen molar-refractivity contribution in [3.8, 4) is 11.8 Å². The Labute approximate surface area is 190 Å². The summed E-state index contributed by atoms with van der Waals surface area (Å²) < 4.78 is 8.07. The lowest BCUT2D eigenvalue weighted by atomic mass is 10.0. The van der Waals surface area contributed by atoms with Crippen LogP contribution in [-0.4, -0.2) is 34.4 Å². The molecule has 1 fully saturated rings. The monoisotopic (exact) mass is 480 g/mol. The molecule has 7 heteroatoms. The van der Waals surface area contributed by atoms with E-state index in [0.29, 0.717) is 31.3 Å².